The van der Waals surface area contributed by atoms with Crippen LogP contribution in [0.4, 0.5) is 8.78 Å². The number of halogens is 2. The summed E-state index contributed by atoms with van der Waals surface area (Å²) >= 11 is 0. The molecule has 1 amide bonds. The van der Waals surface area contributed by atoms with Crippen LogP contribution in [0.15, 0.2) is 34.7 Å². The second-order valence-electron chi connectivity index (χ2n) is 3.83. The lowest BCUT2D eigenvalue weighted by Crippen LogP contribution is -2.28. The average molecular weight is 266 g/mol. The quantitative estimate of drug-likeness (QED) is 0.888. The van der Waals surface area contributed by atoms with Gasteiger partial charge in [0.05, 0.1) is 5.56 Å². The van der Waals surface area contributed by atoms with E-state index in [9.17, 15) is 13.6 Å². The van der Waals surface area contributed by atoms with Crippen molar-refractivity contribution >= 4 is 5.91 Å². The molecule has 0 bridgehead atoms. The molecule has 0 atom stereocenters. The molecule has 100 valence electrons. The first-order valence-corrected chi connectivity index (χ1v) is 5.65. The van der Waals surface area contributed by atoms with Crippen molar-refractivity contribution in [3.05, 3.63) is 47.7 Å². The predicted octanol–water partition coefficient (Wildman–Crippen LogP) is 1.91. The Hall–Kier alpha value is -2.21. The van der Waals surface area contributed by atoms with Crippen molar-refractivity contribution in [2.45, 2.75) is 0 Å². The third-order valence-electron chi connectivity index (χ3n) is 2.46. The normalized spacial score (nSPS) is 10.5. The second kappa shape index (κ2) is 5.62. The van der Waals surface area contributed by atoms with Gasteiger partial charge < -0.3 is 15.5 Å². The van der Waals surface area contributed by atoms with Crippen LogP contribution in [0.5, 0.6) is 0 Å². The number of amides is 1. The number of nitrogens with two attached hydrogens (primary N) is 1. The number of furan rings is 1. The smallest absolute Gasteiger partial charge is 0.287 e. The molecule has 1 aromatic carbocycles. The number of carbonyl (C=O) groups excluding carboxylic acids is 1. The molecule has 0 radical (unpaired) electrons. The summed E-state index contributed by atoms with van der Waals surface area (Å²) in [4.78, 5) is 11.6. The van der Waals surface area contributed by atoms with Crippen LogP contribution in [0.2, 0.25) is 0 Å². The minimum Gasteiger partial charge on any atom is -0.451 e. The fraction of sp³-hybridized carbons (Fsp3) is 0.154. The SMILES string of the molecule is NCCNC(=O)c1ccc(-c2ccc(F)cc2F)o1. The van der Waals surface area contributed by atoms with E-state index in [1.54, 1.807) is 0 Å². The van der Waals surface area contributed by atoms with Crippen LogP contribution in [-0.4, -0.2) is 19.0 Å². The van der Waals surface area contributed by atoms with Gasteiger partial charge in [0.2, 0.25) is 0 Å². The lowest BCUT2D eigenvalue weighted by molar-refractivity contribution is 0.0928. The molecule has 6 heteroatoms. The Balaban J connectivity index is 2.23. The van der Waals surface area contributed by atoms with Gasteiger partial charge in [0.15, 0.2) is 5.76 Å². The van der Waals surface area contributed by atoms with Crippen molar-refractivity contribution < 1.29 is 18.0 Å². The molecule has 2 rings (SSSR count). The molecule has 0 saturated heterocycles. The first kappa shape index (κ1) is 13.2. The van der Waals surface area contributed by atoms with E-state index < -0.39 is 17.5 Å². The number of hydrogen-bond donors (Lipinski definition) is 2. The zero-order valence-electron chi connectivity index (χ0n) is 9.95. The van der Waals surface area contributed by atoms with Gasteiger partial charge in [0, 0.05) is 19.2 Å². The van der Waals surface area contributed by atoms with Crippen LogP contribution in [0.1, 0.15) is 10.6 Å². The van der Waals surface area contributed by atoms with Crippen molar-refractivity contribution in [2.75, 3.05) is 13.1 Å². The molecule has 1 aromatic heterocycles. The van der Waals surface area contributed by atoms with Crippen molar-refractivity contribution in [1.82, 2.24) is 5.32 Å². The van der Waals surface area contributed by atoms with Crippen LogP contribution < -0.4 is 11.1 Å². The topological polar surface area (TPSA) is 68.3 Å². The molecule has 0 aliphatic heterocycles. The molecule has 0 fully saturated rings. The zero-order chi connectivity index (χ0) is 13.8. The lowest BCUT2D eigenvalue weighted by atomic mass is 10.1. The molecule has 19 heavy (non-hydrogen) atoms. The van der Waals surface area contributed by atoms with Gasteiger partial charge >= 0.3 is 0 Å². The summed E-state index contributed by atoms with van der Waals surface area (Å²) < 4.78 is 31.6. The van der Waals surface area contributed by atoms with Gasteiger partial charge in [0.25, 0.3) is 5.91 Å². The van der Waals surface area contributed by atoms with Gasteiger partial charge in [0.1, 0.15) is 17.4 Å². The molecule has 2 aromatic rings. The Morgan fingerprint density at radius 1 is 1.26 bits per heavy atom. The average Bonchev–Trinajstić information content (AvgIpc) is 2.85. The Labute approximate surface area is 108 Å². The van der Waals surface area contributed by atoms with Crippen molar-refractivity contribution in [3.8, 4) is 11.3 Å². The van der Waals surface area contributed by atoms with E-state index in [1.165, 1.54) is 18.2 Å². The Morgan fingerprint density at radius 3 is 2.74 bits per heavy atom. The van der Waals surface area contributed by atoms with E-state index in [4.69, 9.17) is 10.2 Å². The highest BCUT2D eigenvalue weighted by Gasteiger charge is 2.14. The number of hydrogen-bond acceptors (Lipinski definition) is 3. The molecular weight excluding hydrogens is 254 g/mol. The van der Waals surface area contributed by atoms with E-state index in [1.807, 2.05) is 0 Å². The summed E-state index contributed by atoms with van der Waals surface area (Å²) in [5, 5.41) is 2.53. The maximum atomic E-state index is 13.5. The van der Waals surface area contributed by atoms with Gasteiger partial charge in [-0.2, -0.15) is 0 Å². The standard InChI is InChI=1S/C13H12F2N2O2/c14-8-1-2-9(10(15)7-8)11-3-4-12(19-11)13(18)17-6-5-16/h1-4,7H,5-6,16H2,(H,17,18). The molecule has 0 unspecified atom stereocenters. The number of carbonyl (C=O) groups is 1. The molecule has 0 saturated carbocycles. The fourth-order valence-electron chi connectivity index (χ4n) is 1.57. The van der Waals surface area contributed by atoms with Crippen molar-refractivity contribution in [2.24, 2.45) is 5.73 Å². The first-order chi connectivity index (χ1) is 9.11. The van der Waals surface area contributed by atoms with Gasteiger partial charge in [-0.3, -0.25) is 4.79 Å². The highest BCUT2D eigenvalue weighted by molar-refractivity contribution is 5.92. The minimum atomic E-state index is -0.747. The van der Waals surface area contributed by atoms with E-state index in [0.29, 0.717) is 13.1 Å². The Bertz CT molecular complexity index is 596. The molecule has 3 N–H and O–H groups in total. The van der Waals surface area contributed by atoms with Crippen LogP contribution >= 0.6 is 0 Å². The van der Waals surface area contributed by atoms with Crippen LogP contribution in [0.25, 0.3) is 11.3 Å². The molecule has 1 heterocycles. The van der Waals surface area contributed by atoms with Crippen molar-refractivity contribution in [1.29, 1.82) is 0 Å². The summed E-state index contributed by atoms with van der Waals surface area (Å²) in [6, 6.07) is 6.00. The summed E-state index contributed by atoms with van der Waals surface area (Å²) in [7, 11) is 0. The third kappa shape index (κ3) is 2.97. The minimum absolute atomic E-state index is 0.0483. The molecular formula is C13H12F2N2O2. The molecule has 0 aliphatic carbocycles. The Kier molecular flexibility index (Phi) is 3.91. The lowest BCUT2D eigenvalue weighted by Gasteiger charge is -2.01. The van der Waals surface area contributed by atoms with E-state index in [-0.39, 0.29) is 17.1 Å². The van der Waals surface area contributed by atoms with Gasteiger partial charge in [-0.1, -0.05) is 0 Å². The zero-order valence-corrected chi connectivity index (χ0v) is 9.95. The van der Waals surface area contributed by atoms with E-state index in [2.05, 4.69) is 5.32 Å². The third-order valence-corrected chi connectivity index (χ3v) is 2.46. The second-order valence-corrected chi connectivity index (χ2v) is 3.83. The summed E-state index contributed by atoms with van der Waals surface area (Å²) in [6.45, 7) is 0.631. The monoisotopic (exact) mass is 266 g/mol. The highest BCUT2D eigenvalue weighted by Crippen LogP contribution is 2.25. The molecule has 0 aliphatic rings. The number of nitrogens with one attached hydrogen (secondary N) is 1. The highest BCUT2D eigenvalue weighted by atomic mass is 19.1. The summed E-state index contributed by atoms with van der Waals surface area (Å²) in [5.74, 6) is -1.64. The summed E-state index contributed by atoms with van der Waals surface area (Å²) in [5.41, 5.74) is 5.35. The fourth-order valence-corrected chi connectivity index (χ4v) is 1.57. The Morgan fingerprint density at radius 2 is 2.05 bits per heavy atom. The van der Waals surface area contributed by atoms with Crippen molar-refractivity contribution in [3.63, 3.8) is 0 Å². The van der Waals surface area contributed by atoms with Gasteiger partial charge in [-0.15, -0.1) is 0 Å². The maximum absolute atomic E-state index is 13.5. The number of benzene rings is 1. The van der Waals surface area contributed by atoms with Crippen LogP contribution in [0, 0.1) is 11.6 Å². The maximum Gasteiger partial charge on any atom is 0.287 e. The predicted molar refractivity (Wildman–Crippen MR) is 65.4 cm³/mol. The van der Waals surface area contributed by atoms with Gasteiger partial charge in [-0.05, 0) is 24.3 Å². The van der Waals surface area contributed by atoms with E-state index in [0.717, 1.165) is 12.1 Å². The first-order valence-electron chi connectivity index (χ1n) is 5.65. The van der Waals surface area contributed by atoms with Crippen LogP contribution in [0.3, 0.4) is 0 Å². The van der Waals surface area contributed by atoms with Crippen LogP contribution in [-0.2, 0) is 0 Å². The molecule has 0 spiro atoms. The molecule has 4 nitrogen and oxygen atoms in total. The summed E-state index contributed by atoms with van der Waals surface area (Å²) in [6.07, 6.45) is 0. The largest absolute Gasteiger partial charge is 0.451 e. The van der Waals surface area contributed by atoms with E-state index >= 15 is 0 Å². The number of rotatable bonds is 4. The van der Waals surface area contributed by atoms with Gasteiger partial charge in [-0.25, -0.2) is 8.78 Å².